The van der Waals surface area contributed by atoms with E-state index in [1.807, 2.05) is 4.90 Å². The summed E-state index contributed by atoms with van der Waals surface area (Å²) in [5.74, 6) is -1.01. The van der Waals surface area contributed by atoms with Gasteiger partial charge < -0.3 is 9.47 Å². The van der Waals surface area contributed by atoms with Gasteiger partial charge in [-0.2, -0.15) is 0 Å². The number of carbonyl (C=O) groups excluding carboxylic acids is 1. The third-order valence-electron chi connectivity index (χ3n) is 8.34. The highest BCUT2D eigenvalue weighted by molar-refractivity contribution is 5.98. The molecule has 1 aromatic heterocycles. The highest BCUT2D eigenvalue weighted by Crippen LogP contribution is 2.45. The molecule has 174 valence electrons. The Kier molecular flexibility index (Phi) is 4.94. The maximum absolute atomic E-state index is 14.4. The van der Waals surface area contributed by atoms with Crippen LogP contribution in [0.1, 0.15) is 48.9 Å². The number of carbonyl (C=O) groups is 1. The highest BCUT2D eigenvalue weighted by atomic mass is 19.1. The lowest BCUT2D eigenvalue weighted by Crippen LogP contribution is -2.60. The molecule has 7 heteroatoms. The van der Waals surface area contributed by atoms with Gasteiger partial charge in [-0.05, 0) is 56.6 Å². The van der Waals surface area contributed by atoms with Gasteiger partial charge in [0.15, 0.2) is 0 Å². The molecule has 4 aliphatic rings. The predicted octanol–water partition coefficient (Wildman–Crippen LogP) is 3.85. The molecule has 3 fully saturated rings. The molecule has 1 aromatic carbocycles. The monoisotopic (exact) mass is 453 g/mol. The predicted molar refractivity (Wildman–Crippen MR) is 122 cm³/mol. The summed E-state index contributed by atoms with van der Waals surface area (Å²) in [5, 5.41) is -0.0915. The van der Waals surface area contributed by atoms with Crippen LogP contribution in [0.15, 0.2) is 34.8 Å². The number of aromatic nitrogens is 1. The van der Waals surface area contributed by atoms with Crippen molar-refractivity contribution in [1.29, 1.82) is 0 Å². The minimum atomic E-state index is -0.818. The fraction of sp³-hybridized carbons (Fsp3) is 0.538. The van der Waals surface area contributed by atoms with Gasteiger partial charge in [-0.25, -0.2) is 8.78 Å². The van der Waals surface area contributed by atoms with E-state index in [4.69, 9.17) is 0 Å². The van der Waals surface area contributed by atoms with Crippen LogP contribution in [0.4, 0.5) is 8.78 Å². The second-order valence-corrected chi connectivity index (χ2v) is 10.3. The van der Waals surface area contributed by atoms with Crippen molar-refractivity contribution in [3.05, 3.63) is 57.4 Å². The molecule has 6 rings (SSSR count). The Labute approximate surface area is 191 Å². The van der Waals surface area contributed by atoms with E-state index in [2.05, 4.69) is 11.0 Å². The average molecular weight is 454 g/mol. The summed E-state index contributed by atoms with van der Waals surface area (Å²) in [4.78, 5) is 31.5. The maximum atomic E-state index is 14.4. The van der Waals surface area contributed by atoms with Crippen LogP contribution in [0.3, 0.4) is 0 Å². The lowest BCUT2D eigenvalue weighted by Gasteiger charge is -2.54. The summed E-state index contributed by atoms with van der Waals surface area (Å²) >= 11 is 0. The zero-order valence-electron chi connectivity index (χ0n) is 18.9. The number of amides is 1. The summed E-state index contributed by atoms with van der Waals surface area (Å²) in [7, 11) is 1.59. The van der Waals surface area contributed by atoms with Gasteiger partial charge in [0.05, 0.1) is 16.9 Å². The zero-order valence-corrected chi connectivity index (χ0v) is 18.9. The second-order valence-electron chi connectivity index (χ2n) is 10.3. The third-order valence-corrected chi connectivity index (χ3v) is 8.34. The molecule has 1 amide bonds. The quantitative estimate of drug-likeness (QED) is 0.617. The van der Waals surface area contributed by atoms with Crippen LogP contribution < -0.4 is 5.43 Å². The first-order valence-electron chi connectivity index (χ1n) is 12.2. The largest absolute Gasteiger partial charge is 0.347 e. The number of rotatable bonds is 1. The van der Waals surface area contributed by atoms with Gasteiger partial charge in [0.1, 0.15) is 17.2 Å². The zero-order chi connectivity index (χ0) is 22.9. The van der Waals surface area contributed by atoms with E-state index in [0.29, 0.717) is 24.4 Å². The number of hydrogen-bond donors (Lipinski definition) is 0. The van der Waals surface area contributed by atoms with Gasteiger partial charge >= 0.3 is 0 Å². The Morgan fingerprint density at radius 3 is 2.82 bits per heavy atom. The van der Waals surface area contributed by atoms with Crippen molar-refractivity contribution in [1.82, 2.24) is 14.4 Å². The highest BCUT2D eigenvalue weighted by Gasteiger charge is 2.47. The van der Waals surface area contributed by atoms with Crippen molar-refractivity contribution in [3.63, 3.8) is 0 Å². The average Bonchev–Trinajstić information content (AvgIpc) is 2.80. The molecule has 2 bridgehead atoms. The molecule has 0 radical (unpaired) electrons. The van der Waals surface area contributed by atoms with E-state index < -0.39 is 17.1 Å². The normalized spacial score (nSPS) is 29.4. The van der Waals surface area contributed by atoms with Gasteiger partial charge in [-0.3, -0.25) is 14.5 Å². The standard InChI is InChI=1S/C26H29F2N3O2/c1-29-14-20(25(32)19-11-18(27)12-21(28)24(19)29)26(33)31-8-4-5-15-9-16-10-17(23(15)31)13-30-7-3-2-6-22(16)30/h9,11-12,14,16-17,22-23H,2-8,10,13H2,1H3/t16-,17-,22-,23-/m0/s1. The molecule has 0 spiro atoms. The summed E-state index contributed by atoms with van der Waals surface area (Å²) in [5.41, 5.74) is 0.748. The minimum absolute atomic E-state index is 0.00923. The van der Waals surface area contributed by atoms with Crippen LogP contribution >= 0.6 is 0 Å². The molecule has 3 saturated heterocycles. The molecule has 5 nitrogen and oxygen atoms in total. The molecular weight excluding hydrogens is 424 g/mol. The van der Waals surface area contributed by atoms with Gasteiger partial charge in [0, 0.05) is 38.4 Å². The molecule has 4 heterocycles. The number of aryl methyl sites for hydroxylation is 1. The van der Waals surface area contributed by atoms with Crippen molar-refractivity contribution in [2.24, 2.45) is 18.9 Å². The number of likely N-dealkylation sites (tertiary alicyclic amines) is 1. The first-order chi connectivity index (χ1) is 15.9. The Morgan fingerprint density at radius 2 is 1.97 bits per heavy atom. The molecule has 0 saturated carbocycles. The van der Waals surface area contributed by atoms with Crippen molar-refractivity contribution in [2.45, 2.75) is 50.6 Å². The molecule has 0 N–H and O–H groups in total. The van der Waals surface area contributed by atoms with E-state index in [0.717, 1.165) is 44.5 Å². The number of piperidine rings is 3. The molecule has 3 aliphatic heterocycles. The number of nitrogens with zero attached hydrogens (tertiary/aromatic N) is 3. The third kappa shape index (κ3) is 3.27. The summed E-state index contributed by atoms with van der Waals surface area (Å²) < 4.78 is 29.7. The Balaban J connectivity index is 1.40. The minimum Gasteiger partial charge on any atom is -0.347 e. The first kappa shape index (κ1) is 21.0. The van der Waals surface area contributed by atoms with Gasteiger partial charge in [-0.1, -0.05) is 18.1 Å². The van der Waals surface area contributed by atoms with Gasteiger partial charge in [0.25, 0.3) is 5.91 Å². The number of halogens is 2. The van der Waals surface area contributed by atoms with Gasteiger partial charge in [-0.15, -0.1) is 0 Å². The van der Waals surface area contributed by atoms with E-state index in [9.17, 15) is 18.4 Å². The topological polar surface area (TPSA) is 45.6 Å². The fourth-order valence-corrected chi connectivity index (χ4v) is 7.07. The van der Waals surface area contributed by atoms with Crippen LogP contribution in [0.2, 0.25) is 0 Å². The van der Waals surface area contributed by atoms with Crippen molar-refractivity contribution >= 4 is 16.8 Å². The van der Waals surface area contributed by atoms with E-state index >= 15 is 0 Å². The van der Waals surface area contributed by atoms with Crippen LogP contribution in [0, 0.1) is 23.5 Å². The summed E-state index contributed by atoms with van der Waals surface area (Å²) in [6.45, 7) is 2.73. The molecule has 2 aromatic rings. The smallest absolute Gasteiger partial charge is 0.259 e. The maximum Gasteiger partial charge on any atom is 0.259 e. The molecule has 1 aliphatic carbocycles. The lowest BCUT2D eigenvalue weighted by atomic mass is 9.68. The Hall–Kier alpha value is -2.54. The number of pyridine rings is 1. The SMILES string of the molecule is Cn1cc(C(=O)N2CCCC3=C[C@H]4C[C@@H](CN5CCCC[C@@H]45)[C@H]32)c(=O)c2cc(F)cc(F)c21. The molecule has 4 atom stereocenters. The fourth-order valence-electron chi connectivity index (χ4n) is 7.07. The van der Waals surface area contributed by atoms with Crippen LogP contribution in [0.5, 0.6) is 0 Å². The number of benzene rings is 1. The van der Waals surface area contributed by atoms with Crippen molar-refractivity contribution in [3.8, 4) is 0 Å². The van der Waals surface area contributed by atoms with Gasteiger partial charge in [0.2, 0.25) is 5.43 Å². The van der Waals surface area contributed by atoms with Crippen LogP contribution in [-0.2, 0) is 7.05 Å². The van der Waals surface area contributed by atoms with E-state index in [1.165, 1.54) is 35.6 Å². The summed E-state index contributed by atoms with van der Waals surface area (Å²) in [6.07, 6.45) is 10.6. The van der Waals surface area contributed by atoms with Crippen molar-refractivity contribution in [2.75, 3.05) is 19.6 Å². The Bertz CT molecular complexity index is 1240. The summed E-state index contributed by atoms with van der Waals surface area (Å²) in [6, 6.07) is 2.43. The van der Waals surface area contributed by atoms with E-state index in [1.54, 1.807) is 7.05 Å². The van der Waals surface area contributed by atoms with E-state index in [-0.39, 0.29) is 28.4 Å². The number of fused-ring (bicyclic) bond motifs is 7. The molecule has 33 heavy (non-hydrogen) atoms. The first-order valence-corrected chi connectivity index (χ1v) is 12.2. The lowest BCUT2D eigenvalue weighted by molar-refractivity contribution is 0.00142. The van der Waals surface area contributed by atoms with Crippen LogP contribution in [0.25, 0.3) is 10.9 Å². The van der Waals surface area contributed by atoms with Crippen molar-refractivity contribution < 1.29 is 13.6 Å². The van der Waals surface area contributed by atoms with Crippen LogP contribution in [-0.4, -0.2) is 52.0 Å². The molecular formula is C26H29F2N3O2. The number of hydrogen-bond acceptors (Lipinski definition) is 3. The second kappa shape index (κ2) is 7.76. The molecule has 0 unspecified atom stereocenters. The Morgan fingerprint density at radius 1 is 1.12 bits per heavy atom.